The van der Waals surface area contributed by atoms with Crippen molar-refractivity contribution in [1.82, 2.24) is 4.98 Å². The van der Waals surface area contributed by atoms with Gasteiger partial charge < -0.3 is 14.2 Å². The molecule has 1 aliphatic rings. The average Bonchev–Trinajstić information content (AvgIpc) is 2.65. The van der Waals surface area contributed by atoms with Crippen LogP contribution in [0.4, 0.5) is 10.6 Å². The average molecular weight is 384 g/mol. The van der Waals surface area contributed by atoms with E-state index in [9.17, 15) is 4.79 Å². The fourth-order valence-corrected chi connectivity index (χ4v) is 3.39. The number of carbonyl (C=O) groups excluding carboxylic acids is 1. The Bertz CT molecular complexity index is 835. The molecule has 1 aromatic heterocycles. The smallest absolute Gasteiger partial charge is 0.412 e. The zero-order valence-corrected chi connectivity index (χ0v) is 17.0. The molecule has 0 saturated heterocycles. The summed E-state index contributed by atoms with van der Waals surface area (Å²) in [5.74, 6) is 3.19. The van der Waals surface area contributed by atoms with Gasteiger partial charge in [-0.15, -0.1) is 0 Å². The van der Waals surface area contributed by atoms with Gasteiger partial charge in [0.1, 0.15) is 23.9 Å². The second kappa shape index (κ2) is 8.95. The lowest BCUT2D eigenvalue weighted by atomic mass is 9.98. The number of benzene rings is 1. The van der Waals surface area contributed by atoms with Gasteiger partial charge in [0.25, 0.3) is 0 Å². The van der Waals surface area contributed by atoms with Gasteiger partial charge in [-0.3, -0.25) is 5.32 Å². The molecule has 0 aliphatic carbocycles. The van der Waals surface area contributed by atoms with Crippen LogP contribution in [-0.2, 0) is 11.3 Å². The van der Waals surface area contributed by atoms with Gasteiger partial charge in [0.05, 0.1) is 13.2 Å². The molecule has 150 valence electrons. The molecule has 0 unspecified atom stereocenters. The summed E-state index contributed by atoms with van der Waals surface area (Å²) in [6, 6.07) is 7.72. The van der Waals surface area contributed by atoms with Gasteiger partial charge in [0.15, 0.2) is 0 Å². The molecule has 0 saturated carbocycles. The minimum absolute atomic E-state index is 0.312. The van der Waals surface area contributed by atoms with E-state index in [-0.39, 0.29) is 0 Å². The van der Waals surface area contributed by atoms with Crippen LogP contribution < -0.4 is 14.8 Å². The minimum Gasteiger partial charge on any atom is -0.493 e. The molecule has 6 nitrogen and oxygen atoms in total. The summed E-state index contributed by atoms with van der Waals surface area (Å²) in [5, 5.41) is 2.65. The summed E-state index contributed by atoms with van der Waals surface area (Å²) in [5.41, 5.74) is 2.92. The summed E-state index contributed by atoms with van der Waals surface area (Å²) in [4.78, 5) is 15.9. The highest BCUT2D eigenvalue weighted by Crippen LogP contribution is 2.40. The van der Waals surface area contributed by atoms with E-state index in [2.05, 4.69) is 31.1 Å². The second-order valence-corrected chi connectivity index (χ2v) is 7.56. The van der Waals surface area contributed by atoms with Crippen LogP contribution in [-0.4, -0.2) is 24.3 Å². The summed E-state index contributed by atoms with van der Waals surface area (Å²) < 4.78 is 16.8. The van der Waals surface area contributed by atoms with Gasteiger partial charge in [-0.1, -0.05) is 20.8 Å². The second-order valence-electron chi connectivity index (χ2n) is 7.56. The van der Waals surface area contributed by atoms with Crippen LogP contribution in [0, 0.1) is 11.8 Å². The standard InChI is InChI=1S/C22H28N2O4/c1-5-26-22(25)24-21-10-19-16(11-23-21)13-28-20-9-17(6-7-18(19)20)27-12-15(4)8-14(2)3/h6-7,9-11,14-15H,5,8,12-13H2,1-4H3,(H,23,24,25)/t15-/m1/s1. The van der Waals surface area contributed by atoms with Crippen LogP contribution in [0.1, 0.15) is 39.7 Å². The highest BCUT2D eigenvalue weighted by molar-refractivity contribution is 5.85. The monoisotopic (exact) mass is 384 g/mol. The zero-order chi connectivity index (χ0) is 20.1. The number of nitrogens with zero attached hydrogens (tertiary/aromatic N) is 1. The first kappa shape index (κ1) is 20.0. The first-order valence-corrected chi connectivity index (χ1v) is 9.79. The van der Waals surface area contributed by atoms with Crippen molar-refractivity contribution in [1.29, 1.82) is 0 Å². The molecule has 0 fully saturated rings. The molecule has 2 heterocycles. The number of ether oxygens (including phenoxy) is 3. The first-order chi connectivity index (χ1) is 13.5. The molecule has 1 amide bonds. The highest BCUT2D eigenvalue weighted by atomic mass is 16.5. The Labute approximate surface area is 166 Å². The Morgan fingerprint density at radius 3 is 2.82 bits per heavy atom. The maximum Gasteiger partial charge on any atom is 0.412 e. The van der Waals surface area contributed by atoms with E-state index in [1.807, 2.05) is 24.3 Å². The fourth-order valence-electron chi connectivity index (χ4n) is 3.39. The predicted molar refractivity (Wildman–Crippen MR) is 109 cm³/mol. The minimum atomic E-state index is -0.513. The lowest BCUT2D eigenvalue weighted by Gasteiger charge is -2.22. The van der Waals surface area contributed by atoms with Gasteiger partial charge in [0.2, 0.25) is 0 Å². The number of pyridine rings is 1. The Hall–Kier alpha value is -2.76. The molecule has 2 aromatic rings. The number of fused-ring (bicyclic) bond motifs is 3. The van der Waals surface area contributed by atoms with Crippen molar-refractivity contribution in [2.75, 3.05) is 18.5 Å². The number of aromatic nitrogens is 1. The third-order valence-corrected chi connectivity index (χ3v) is 4.53. The van der Waals surface area contributed by atoms with E-state index < -0.39 is 6.09 Å². The normalized spacial score (nSPS) is 13.2. The van der Waals surface area contributed by atoms with Crippen molar-refractivity contribution in [3.8, 4) is 22.6 Å². The molecule has 1 aliphatic heterocycles. The molecule has 0 radical (unpaired) electrons. The molecule has 3 rings (SSSR count). The Morgan fingerprint density at radius 1 is 1.25 bits per heavy atom. The fraction of sp³-hybridized carbons (Fsp3) is 0.455. The molecule has 6 heteroatoms. The van der Waals surface area contributed by atoms with Crippen molar-refractivity contribution < 1.29 is 19.0 Å². The predicted octanol–water partition coefficient (Wildman–Crippen LogP) is 5.27. The van der Waals surface area contributed by atoms with Crippen LogP contribution in [0.25, 0.3) is 11.1 Å². The number of nitrogens with one attached hydrogen (secondary N) is 1. The Morgan fingerprint density at radius 2 is 2.07 bits per heavy atom. The molecule has 0 spiro atoms. The van der Waals surface area contributed by atoms with E-state index in [1.165, 1.54) is 0 Å². The number of amides is 1. The van der Waals surface area contributed by atoms with Crippen molar-refractivity contribution in [2.45, 2.75) is 40.7 Å². The number of rotatable bonds is 7. The van der Waals surface area contributed by atoms with Crippen molar-refractivity contribution in [3.05, 3.63) is 36.0 Å². The maximum absolute atomic E-state index is 11.6. The molecular formula is C22H28N2O4. The SMILES string of the molecule is CCOC(=O)Nc1cc2c(cn1)COc1cc(OC[C@H](C)CC(C)C)ccc1-2. The first-order valence-electron chi connectivity index (χ1n) is 9.79. The molecule has 0 bridgehead atoms. The van der Waals surface area contributed by atoms with Gasteiger partial charge in [-0.25, -0.2) is 9.78 Å². The van der Waals surface area contributed by atoms with Crippen LogP contribution in [0.2, 0.25) is 0 Å². The van der Waals surface area contributed by atoms with Gasteiger partial charge in [-0.2, -0.15) is 0 Å². The molecule has 1 N–H and O–H groups in total. The molecule has 1 aromatic carbocycles. The summed E-state index contributed by atoms with van der Waals surface area (Å²) in [7, 11) is 0. The van der Waals surface area contributed by atoms with Gasteiger partial charge >= 0.3 is 6.09 Å². The maximum atomic E-state index is 11.6. The molecular weight excluding hydrogens is 356 g/mol. The van der Waals surface area contributed by atoms with E-state index in [1.54, 1.807) is 13.1 Å². The lowest BCUT2D eigenvalue weighted by molar-refractivity contribution is 0.168. The lowest BCUT2D eigenvalue weighted by Crippen LogP contribution is -2.15. The summed E-state index contributed by atoms with van der Waals surface area (Å²) >= 11 is 0. The highest BCUT2D eigenvalue weighted by Gasteiger charge is 2.20. The van der Waals surface area contributed by atoms with Crippen molar-refractivity contribution in [2.24, 2.45) is 11.8 Å². The van der Waals surface area contributed by atoms with Crippen molar-refractivity contribution in [3.63, 3.8) is 0 Å². The zero-order valence-electron chi connectivity index (χ0n) is 17.0. The molecule has 28 heavy (non-hydrogen) atoms. The quantitative estimate of drug-likeness (QED) is 0.704. The number of hydrogen-bond acceptors (Lipinski definition) is 5. The number of carbonyl (C=O) groups is 1. The van der Waals surface area contributed by atoms with Crippen LogP contribution in [0.3, 0.4) is 0 Å². The summed E-state index contributed by atoms with van der Waals surface area (Å²) in [6.07, 6.45) is 2.34. The number of hydrogen-bond donors (Lipinski definition) is 1. The van der Waals surface area contributed by atoms with Crippen LogP contribution in [0.15, 0.2) is 30.5 Å². The van der Waals surface area contributed by atoms with E-state index in [0.29, 0.717) is 37.5 Å². The topological polar surface area (TPSA) is 69.7 Å². The van der Waals surface area contributed by atoms with Crippen LogP contribution >= 0.6 is 0 Å². The van der Waals surface area contributed by atoms with E-state index >= 15 is 0 Å². The van der Waals surface area contributed by atoms with Crippen molar-refractivity contribution >= 4 is 11.9 Å². The Balaban J connectivity index is 1.75. The third kappa shape index (κ3) is 4.94. The van der Waals surface area contributed by atoms with E-state index in [4.69, 9.17) is 14.2 Å². The number of anilines is 1. The third-order valence-electron chi connectivity index (χ3n) is 4.53. The summed E-state index contributed by atoms with van der Waals surface area (Å²) in [6.45, 7) is 9.84. The van der Waals surface area contributed by atoms with Crippen LogP contribution in [0.5, 0.6) is 11.5 Å². The van der Waals surface area contributed by atoms with Gasteiger partial charge in [-0.05, 0) is 48.9 Å². The Kier molecular flexibility index (Phi) is 6.39. The van der Waals surface area contributed by atoms with Gasteiger partial charge in [0, 0.05) is 23.4 Å². The molecule has 1 atom stereocenters. The van der Waals surface area contributed by atoms with E-state index in [0.717, 1.165) is 34.6 Å². The largest absolute Gasteiger partial charge is 0.493 e.